The lowest BCUT2D eigenvalue weighted by Crippen LogP contribution is -2.43. The predicted octanol–water partition coefficient (Wildman–Crippen LogP) is 3.25. The molecule has 0 aliphatic carbocycles. The highest BCUT2D eigenvalue weighted by Gasteiger charge is 2.28. The van der Waals surface area contributed by atoms with Gasteiger partial charge in [0.05, 0.1) is 24.3 Å². The molecule has 0 radical (unpaired) electrons. The van der Waals surface area contributed by atoms with Gasteiger partial charge in [0, 0.05) is 26.3 Å². The largest absolute Gasteiger partial charge is 0.495 e. The van der Waals surface area contributed by atoms with Crippen LogP contribution in [-0.2, 0) is 23.1 Å². The normalized spacial score (nSPS) is 15.3. The number of aromatic nitrogens is 5. The number of carbonyl (C=O) groups is 1. The molecule has 11 nitrogen and oxygen atoms in total. The number of fused-ring (bicyclic) bond motifs is 1. The maximum atomic E-state index is 12.2. The van der Waals surface area contributed by atoms with Crippen LogP contribution in [0.5, 0.6) is 5.75 Å². The van der Waals surface area contributed by atoms with Gasteiger partial charge in [-0.3, -0.25) is 4.68 Å². The maximum absolute atomic E-state index is 12.2. The lowest BCUT2D eigenvalue weighted by Gasteiger charge is -2.33. The first kappa shape index (κ1) is 23.0. The third-order valence-corrected chi connectivity index (χ3v) is 5.42. The molecule has 4 rings (SSSR count). The quantitative estimate of drug-likeness (QED) is 0.568. The van der Waals surface area contributed by atoms with Crippen molar-refractivity contribution in [2.75, 3.05) is 20.2 Å². The summed E-state index contributed by atoms with van der Waals surface area (Å²) in [6.45, 7) is 8.88. The molecular formula is C22H30N6O5. The number of rotatable bonds is 5. The number of nitrogens with zero attached hydrogens (tertiary/aromatic N) is 6. The topological polar surface area (TPSA) is 118 Å². The van der Waals surface area contributed by atoms with Crippen LogP contribution in [0.15, 0.2) is 10.7 Å². The molecular weight excluding hydrogens is 428 g/mol. The molecule has 1 fully saturated rings. The molecule has 0 N–H and O–H groups in total. The fourth-order valence-electron chi connectivity index (χ4n) is 3.89. The second kappa shape index (κ2) is 8.97. The lowest BCUT2D eigenvalue weighted by molar-refractivity contribution is -0.0190. The Labute approximate surface area is 192 Å². The second-order valence-electron chi connectivity index (χ2n) is 9.11. The highest BCUT2D eigenvalue weighted by Crippen LogP contribution is 2.36. The van der Waals surface area contributed by atoms with Crippen molar-refractivity contribution in [3.05, 3.63) is 17.7 Å². The molecule has 178 valence electrons. The Kier molecular flexibility index (Phi) is 6.24. The molecule has 33 heavy (non-hydrogen) atoms. The fraction of sp³-hybridized carbons (Fsp3) is 0.591. The van der Waals surface area contributed by atoms with Gasteiger partial charge in [0.15, 0.2) is 11.5 Å². The minimum atomic E-state index is -0.501. The molecule has 0 atom stereocenters. The molecule has 3 aromatic rings. The van der Waals surface area contributed by atoms with Gasteiger partial charge in [-0.25, -0.2) is 9.78 Å². The zero-order valence-electron chi connectivity index (χ0n) is 19.9. The third kappa shape index (κ3) is 4.92. The number of aryl methyl sites for hydroxylation is 2. The number of pyridine rings is 1. The molecule has 0 aromatic carbocycles. The number of hydrogen-bond acceptors (Lipinski definition) is 9. The number of ether oxygens (including phenoxy) is 3. The van der Waals surface area contributed by atoms with Crippen molar-refractivity contribution >= 4 is 17.1 Å². The SMILES string of the molecule is COc1c(-c2nc(COC3CCN(C(=O)OC(C)(C)C)CC3)no2)cnc2c1c(C)nn2C. The van der Waals surface area contributed by atoms with Crippen LogP contribution in [0.3, 0.4) is 0 Å². The Balaban J connectivity index is 1.38. The molecule has 1 saturated heterocycles. The summed E-state index contributed by atoms with van der Waals surface area (Å²) in [4.78, 5) is 22.9. The van der Waals surface area contributed by atoms with E-state index in [1.165, 1.54) is 0 Å². The lowest BCUT2D eigenvalue weighted by atomic mass is 10.1. The minimum absolute atomic E-state index is 0.0104. The van der Waals surface area contributed by atoms with Gasteiger partial charge >= 0.3 is 6.09 Å². The first-order valence-electron chi connectivity index (χ1n) is 10.9. The van der Waals surface area contributed by atoms with E-state index < -0.39 is 5.60 Å². The highest BCUT2D eigenvalue weighted by molar-refractivity contribution is 5.91. The van der Waals surface area contributed by atoms with Gasteiger partial charge in [0.2, 0.25) is 0 Å². The number of methoxy groups -OCH3 is 1. The van der Waals surface area contributed by atoms with Crippen molar-refractivity contribution in [1.82, 2.24) is 29.8 Å². The number of likely N-dealkylation sites (tertiary alicyclic amines) is 1. The number of piperidine rings is 1. The van der Waals surface area contributed by atoms with Gasteiger partial charge in [0.1, 0.15) is 23.5 Å². The molecule has 3 aromatic heterocycles. The zero-order chi connectivity index (χ0) is 23.8. The summed E-state index contributed by atoms with van der Waals surface area (Å²) in [5.41, 5.74) is 1.62. The summed E-state index contributed by atoms with van der Waals surface area (Å²) in [6, 6.07) is 0. The van der Waals surface area contributed by atoms with Crippen LogP contribution in [0.25, 0.3) is 22.5 Å². The molecule has 0 unspecified atom stereocenters. The van der Waals surface area contributed by atoms with Gasteiger partial charge in [-0.15, -0.1) is 0 Å². The van der Waals surface area contributed by atoms with Gasteiger partial charge in [0.25, 0.3) is 5.89 Å². The van der Waals surface area contributed by atoms with Crippen LogP contribution >= 0.6 is 0 Å². The van der Waals surface area contributed by atoms with E-state index in [4.69, 9.17) is 18.7 Å². The Hall–Kier alpha value is -3.21. The molecule has 0 saturated carbocycles. The van der Waals surface area contributed by atoms with E-state index in [0.29, 0.717) is 41.8 Å². The summed E-state index contributed by atoms with van der Waals surface area (Å²) in [7, 11) is 3.43. The summed E-state index contributed by atoms with van der Waals surface area (Å²) in [5, 5.41) is 9.26. The fourth-order valence-corrected chi connectivity index (χ4v) is 3.89. The molecule has 1 amide bonds. The standard InChI is InChI=1S/C22H30N6O5/c1-13-17-18(30-6)15(11-23-19(17)27(5)25-13)20-24-16(26-33-20)12-31-14-7-9-28(10-8-14)21(29)32-22(2,3)4/h11,14H,7-10,12H2,1-6H3. The van der Waals surface area contributed by atoms with Crippen molar-refractivity contribution in [3.63, 3.8) is 0 Å². The van der Waals surface area contributed by atoms with Crippen LogP contribution < -0.4 is 4.74 Å². The van der Waals surface area contributed by atoms with Gasteiger partial charge < -0.3 is 23.6 Å². The van der Waals surface area contributed by atoms with Crippen molar-refractivity contribution in [2.24, 2.45) is 7.05 Å². The monoisotopic (exact) mass is 458 g/mol. The first-order valence-corrected chi connectivity index (χ1v) is 10.9. The van der Waals surface area contributed by atoms with E-state index in [1.807, 2.05) is 34.7 Å². The summed E-state index contributed by atoms with van der Waals surface area (Å²) >= 11 is 0. The predicted molar refractivity (Wildman–Crippen MR) is 119 cm³/mol. The third-order valence-electron chi connectivity index (χ3n) is 5.42. The van der Waals surface area contributed by atoms with E-state index >= 15 is 0 Å². The molecule has 0 bridgehead atoms. The summed E-state index contributed by atoms with van der Waals surface area (Å²) in [6.07, 6.45) is 2.81. The van der Waals surface area contributed by atoms with Crippen LogP contribution in [0.2, 0.25) is 0 Å². The van der Waals surface area contributed by atoms with Crippen LogP contribution in [0.4, 0.5) is 4.79 Å². The Morgan fingerprint density at radius 2 is 2.00 bits per heavy atom. The van der Waals surface area contributed by atoms with E-state index in [0.717, 1.165) is 23.9 Å². The molecule has 1 aliphatic rings. The highest BCUT2D eigenvalue weighted by atomic mass is 16.6. The maximum Gasteiger partial charge on any atom is 0.410 e. The van der Waals surface area contributed by atoms with E-state index in [-0.39, 0.29) is 18.8 Å². The van der Waals surface area contributed by atoms with Gasteiger partial charge in [-0.05, 0) is 40.5 Å². The number of carbonyl (C=O) groups excluding carboxylic acids is 1. The van der Waals surface area contributed by atoms with Crippen LogP contribution in [0, 0.1) is 6.92 Å². The van der Waals surface area contributed by atoms with Crippen LogP contribution in [0.1, 0.15) is 45.1 Å². The Bertz CT molecular complexity index is 1140. The van der Waals surface area contributed by atoms with Crippen molar-refractivity contribution in [1.29, 1.82) is 0 Å². The van der Waals surface area contributed by atoms with Crippen molar-refractivity contribution in [3.8, 4) is 17.2 Å². The van der Waals surface area contributed by atoms with E-state index in [9.17, 15) is 4.79 Å². The van der Waals surface area contributed by atoms with Crippen LogP contribution in [-0.4, -0.2) is 67.8 Å². The smallest absolute Gasteiger partial charge is 0.410 e. The average molecular weight is 459 g/mol. The number of amides is 1. The summed E-state index contributed by atoms with van der Waals surface area (Å²) in [5.74, 6) is 1.34. The van der Waals surface area contributed by atoms with E-state index in [1.54, 1.807) is 22.9 Å². The minimum Gasteiger partial charge on any atom is -0.495 e. The molecule has 0 spiro atoms. The first-order chi connectivity index (χ1) is 15.7. The van der Waals surface area contributed by atoms with E-state index in [2.05, 4.69) is 20.2 Å². The average Bonchev–Trinajstić information content (AvgIpc) is 3.35. The van der Waals surface area contributed by atoms with Gasteiger partial charge in [-0.2, -0.15) is 10.1 Å². The molecule has 1 aliphatic heterocycles. The second-order valence-corrected chi connectivity index (χ2v) is 9.11. The Morgan fingerprint density at radius 1 is 1.27 bits per heavy atom. The van der Waals surface area contributed by atoms with Gasteiger partial charge in [-0.1, -0.05) is 5.16 Å². The molecule has 4 heterocycles. The molecule has 11 heteroatoms. The van der Waals surface area contributed by atoms with Crippen molar-refractivity contribution < 1.29 is 23.5 Å². The van der Waals surface area contributed by atoms with Crippen molar-refractivity contribution in [2.45, 2.75) is 58.8 Å². The zero-order valence-corrected chi connectivity index (χ0v) is 19.9. The Morgan fingerprint density at radius 3 is 2.67 bits per heavy atom. The summed E-state index contributed by atoms with van der Waals surface area (Å²) < 4.78 is 24.2. The number of hydrogen-bond donors (Lipinski definition) is 0.